The monoisotopic (exact) mass is 393 g/mol. The molecule has 0 bridgehead atoms. The van der Waals surface area contributed by atoms with Gasteiger partial charge in [-0.25, -0.2) is 13.1 Å². The summed E-state index contributed by atoms with van der Waals surface area (Å²) in [5.41, 5.74) is 3.07. The number of carbonyl (C=O) groups is 1. The Balaban J connectivity index is 2.18. The van der Waals surface area contributed by atoms with Crippen LogP contribution in [-0.4, -0.2) is 15.9 Å². The molecule has 0 saturated carbocycles. The van der Waals surface area contributed by atoms with Crippen molar-refractivity contribution >= 4 is 34.6 Å². The summed E-state index contributed by atoms with van der Waals surface area (Å²) < 4.78 is 1.65. The van der Waals surface area contributed by atoms with Crippen molar-refractivity contribution in [3.63, 3.8) is 0 Å². The molecule has 1 aromatic heterocycles. The number of aromatic nitrogens is 2. The van der Waals surface area contributed by atoms with E-state index in [9.17, 15) is 4.79 Å². The Bertz CT molecular complexity index is 702. The fourth-order valence-electron chi connectivity index (χ4n) is 3.08. The predicted molar refractivity (Wildman–Crippen MR) is 90.6 cm³/mol. The number of rotatable bonds is 1. The molecule has 5 heteroatoms. The molecule has 0 saturated heterocycles. The smallest absolute Gasteiger partial charge is 0.245 e. The summed E-state index contributed by atoms with van der Waals surface area (Å²) in [5.74, 6) is 1.41. The van der Waals surface area contributed by atoms with Gasteiger partial charge in [-0.1, -0.05) is 37.3 Å². The van der Waals surface area contributed by atoms with E-state index in [1.165, 1.54) is 0 Å². The van der Waals surface area contributed by atoms with Gasteiger partial charge in [0.1, 0.15) is 5.82 Å². The van der Waals surface area contributed by atoms with Gasteiger partial charge < -0.3 is 0 Å². The van der Waals surface area contributed by atoms with E-state index in [-0.39, 0.29) is 17.7 Å². The molecule has 1 aliphatic heterocycles. The summed E-state index contributed by atoms with van der Waals surface area (Å²) in [6.07, 6.45) is 0. The molecule has 2 heterocycles. The van der Waals surface area contributed by atoms with Gasteiger partial charge >= 0.3 is 0 Å². The topological polar surface area (TPSA) is 46.1 Å². The third-order valence-electron chi connectivity index (χ3n) is 3.99. The first-order valence-electron chi connectivity index (χ1n) is 6.90. The summed E-state index contributed by atoms with van der Waals surface area (Å²) in [5, 5.41) is 0. The first-order chi connectivity index (χ1) is 10.0. The fraction of sp³-hybridized carbons (Fsp3) is 0.312. The average molecular weight is 393 g/mol. The lowest BCUT2D eigenvalue weighted by molar-refractivity contribution is -0.119. The van der Waals surface area contributed by atoms with E-state index in [0.29, 0.717) is 5.82 Å². The van der Waals surface area contributed by atoms with Crippen LogP contribution in [0.25, 0.3) is 0 Å². The van der Waals surface area contributed by atoms with E-state index < -0.39 is 0 Å². The zero-order valence-corrected chi connectivity index (χ0v) is 14.3. The van der Waals surface area contributed by atoms with E-state index in [4.69, 9.17) is 0 Å². The number of nitrogens with zero attached hydrogens (tertiary/aromatic N) is 3. The molecule has 2 atom stereocenters. The molecule has 21 heavy (non-hydrogen) atoms. The van der Waals surface area contributed by atoms with Crippen LogP contribution in [0.4, 0.5) is 5.82 Å². The summed E-state index contributed by atoms with van der Waals surface area (Å²) in [4.78, 5) is 21.7. The summed E-state index contributed by atoms with van der Waals surface area (Å²) in [7, 11) is 0. The molecule has 3 rings (SSSR count). The Labute approximate surface area is 138 Å². The molecule has 0 spiro atoms. The molecule has 108 valence electrons. The third kappa shape index (κ3) is 2.33. The van der Waals surface area contributed by atoms with Crippen LogP contribution >= 0.6 is 22.9 Å². The van der Waals surface area contributed by atoms with E-state index in [0.717, 1.165) is 22.6 Å². The summed E-state index contributed by atoms with van der Waals surface area (Å²) >= 11 is 2.05. The van der Waals surface area contributed by atoms with Crippen LogP contribution in [0.1, 0.15) is 41.4 Å². The summed E-state index contributed by atoms with van der Waals surface area (Å²) in [6.45, 7) is 5.94. The number of aryl methyl sites for hydroxylation is 2. The van der Waals surface area contributed by atoms with E-state index in [1.54, 1.807) is 3.11 Å². The molecule has 0 aliphatic carbocycles. The van der Waals surface area contributed by atoms with Crippen LogP contribution in [0.3, 0.4) is 0 Å². The number of fused-ring (bicyclic) bond motifs is 1. The quantitative estimate of drug-likeness (QED) is 0.549. The van der Waals surface area contributed by atoms with Crippen molar-refractivity contribution < 1.29 is 4.79 Å². The van der Waals surface area contributed by atoms with Gasteiger partial charge in [0.2, 0.25) is 5.91 Å². The first kappa shape index (κ1) is 14.4. The highest BCUT2D eigenvalue weighted by molar-refractivity contribution is 14.1. The minimum absolute atomic E-state index is 0.0708. The molecule has 1 aliphatic rings. The number of amides is 1. The van der Waals surface area contributed by atoms with Crippen LogP contribution in [0.15, 0.2) is 30.3 Å². The number of hydrogen-bond donors (Lipinski definition) is 0. The zero-order valence-electron chi connectivity index (χ0n) is 12.2. The Morgan fingerprint density at radius 3 is 2.48 bits per heavy atom. The van der Waals surface area contributed by atoms with Crippen molar-refractivity contribution in [3.05, 3.63) is 53.0 Å². The standard InChI is InChI=1S/C16H16IN3O/c1-9-13-10(2)18-11(3)19-15(13)20(17)16(21)14(9)12-7-5-4-6-8-12/h4-9,14H,1-3H3. The molecular weight excluding hydrogens is 377 g/mol. The maximum atomic E-state index is 12.8. The Morgan fingerprint density at radius 1 is 1.14 bits per heavy atom. The second-order valence-electron chi connectivity index (χ2n) is 5.39. The number of anilines is 1. The number of halogens is 1. The molecule has 1 aromatic carbocycles. The first-order valence-corrected chi connectivity index (χ1v) is 7.87. The molecule has 4 nitrogen and oxygen atoms in total. The molecule has 0 N–H and O–H groups in total. The van der Waals surface area contributed by atoms with Crippen LogP contribution in [0.5, 0.6) is 0 Å². The Hall–Kier alpha value is -1.50. The van der Waals surface area contributed by atoms with Gasteiger partial charge in [-0.05, 0) is 19.4 Å². The molecule has 2 unspecified atom stereocenters. The average Bonchev–Trinajstić information content (AvgIpc) is 2.45. The molecule has 1 amide bonds. The van der Waals surface area contributed by atoms with Crippen molar-refractivity contribution in [1.82, 2.24) is 9.97 Å². The van der Waals surface area contributed by atoms with Crippen molar-refractivity contribution in [2.24, 2.45) is 0 Å². The number of hydrogen-bond acceptors (Lipinski definition) is 3. The highest BCUT2D eigenvalue weighted by Gasteiger charge is 2.40. The highest BCUT2D eigenvalue weighted by Crippen LogP contribution is 2.45. The molecule has 2 aromatic rings. The van der Waals surface area contributed by atoms with E-state index in [2.05, 4.69) is 39.8 Å². The minimum Gasteiger partial charge on any atom is -0.273 e. The SMILES string of the molecule is Cc1nc(C)c2c(n1)N(I)C(=O)C(c1ccccc1)C2C. The van der Waals surface area contributed by atoms with E-state index in [1.807, 2.05) is 44.2 Å². The Kier molecular flexibility index (Phi) is 3.69. The second-order valence-corrected chi connectivity index (χ2v) is 6.35. The van der Waals surface area contributed by atoms with Crippen LogP contribution in [0.2, 0.25) is 0 Å². The fourth-order valence-corrected chi connectivity index (χ4v) is 3.75. The van der Waals surface area contributed by atoms with Gasteiger partial charge in [0.25, 0.3) is 0 Å². The van der Waals surface area contributed by atoms with Crippen molar-refractivity contribution in [2.45, 2.75) is 32.6 Å². The lowest BCUT2D eigenvalue weighted by atomic mass is 9.79. The Morgan fingerprint density at radius 2 is 1.81 bits per heavy atom. The van der Waals surface area contributed by atoms with Crippen molar-refractivity contribution in [3.8, 4) is 0 Å². The van der Waals surface area contributed by atoms with Crippen molar-refractivity contribution in [2.75, 3.05) is 3.11 Å². The molecular formula is C16H16IN3O. The third-order valence-corrected chi connectivity index (χ3v) is 4.92. The van der Waals surface area contributed by atoms with Crippen LogP contribution < -0.4 is 3.11 Å². The van der Waals surface area contributed by atoms with Gasteiger partial charge in [-0.15, -0.1) is 0 Å². The maximum absolute atomic E-state index is 12.8. The molecule has 0 radical (unpaired) electrons. The highest BCUT2D eigenvalue weighted by atomic mass is 127. The normalized spacial score (nSPS) is 21.3. The van der Waals surface area contributed by atoms with Crippen LogP contribution in [0, 0.1) is 13.8 Å². The number of carbonyl (C=O) groups excluding carboxylic acids is 1. The van der Waals surface area contributed by atoms with Gasteiger partial charge in [-0.2, -0.15) is 0 Å². The maximum Gasteiger partial charge on any atom is 0.245 e. The van der Waals surface area contributed by atoms with Crippen LogP contribution in [-0.2, 0) is 4.79 Å². The second kappa shape index (κ2) is 5.36. The van der Waals surface area contributed by atoms with Gasteiger partial charge in [0, 0.05) is 17.2 Å². The minimum atomic E-state index is -0.180. The van der Waals surface area contributed by atoms with Gasteiger partial charge in [0.15, 0.2) is 5.82 Å². The zero-order chi connectivity index (χ0) is 15.1. The van der Waals surface area contributed by atoms with Crippen molar-refractivity contribution in [1.29, 1.82) is 0 Å². The lowest BCUT2D eigenvalue weighted by Crippen LogP contribution is -2.37. The predicted octanol–water partition coefficient (Wildman–Crippen LogP) is 3.68. The molecule has 0 fully saturated rings. The summed E-state index contributed by atoms with van der Waals surface area (Å²) in [6, 6.07) is 9.94. The largest absolute Gasteiger partial charge is 0.273 e. The number of benzene rings is 1. The van der Waals surface area contributed by atoms with Gasteiger partial charge in [-0.3, -0.25) is 4.79 Å². The van der Waals surface area contributed by atoms with E-state index >= 15 is 0 Å². The van der Waals surface area contributed by atoms with Gasteiger partial charge in [0.05, 0.1) is 28.8 Å². The lowest BCUT2D eigenvalue weighted by Gasteiger charge is -2.35.